The number of hydrogen-bond donors (Lipinski definition) is 1. The fourth-order valence-electron chi connectivity index (χ4n) is 2.30. The lowest BCUT2D eigenvalue weighted by Gasteiger charge is -2.09. The molecular formula is C18H22N2O4S. The maximum Gasteiger partial charge on any atom is 0.256 e. The maximum absolute atomic E-state index is 12.2. The molecule has 25 heavy (non-hydrogen) atoms. The van der Waals surface area contributed by atoms with Crippen molar-refractivity contribution < 1.29 is 17.9 Å². The van der Waals surface area contributed by atoms with Crippen LogP contribution in [0.3, 0.4) is 0 Å². The Morgan fingerprint density at radius 1 is 1.16 bits per heavy atom. The molecule has 0 saturated heterocycles. The van der Waals surface area contributed by atoms with Gasteiger partial charge in [-0.15, -0.1) is 0 Å². The van der Waals surface area contributed by atoms with E-state index in [2.05, 4.69) is 10.3 Å². The minimum absolute atomic E-state index is 0.0128. The van der Waals surface area contributed by atoms with Crippen molar-refractivity contribution in [2.45, 2.75) is 19.1 Å². The third-order valence-electron chi connectivity index (χ3n) is 3.44. The van der Waals surface area contributed by atoms with E-state index >= 15 is 0 Å². The first kappa shape index (κ1) is 18.9. The molecule has 2 aromatic rings. The van der Waals surface area contributed by atoms with Gasteiger partial charge in [0.2, 0.25) is 5.88 Å². The summed E-state index contributed by atoms with van der Waals surface area (Å²) in [5, 5.41) is 2.71. The normalized spacial score (nSPS) is 11.1. The number of benzene rings is 1. The van der Waals surface area contributed by atoms with Crippen molar-refractivity contribution in [2.75, 3.05) is 18.9 Å². The fraction of sp³-hybridized carbons (Fsp3) is 0.333. The first-order valence-corrected chi connectivity index (χ1v) is 9.94. The molecule has 1 heterocycles. The highest BCUT2D eigenvalue weighted by molar-refractivity contribution is 7.90. The molecule has 0 aliphatic rings. The molecule has 0 atom stereocenters. The number of rotatable bonds is 9. The van der Waals surface area contributed by atoms with Gasteiger partial charge in [0.05, 0.1) is 18.1 Å². The number of carbonyl (C=O) groups is 1. The van der Waals surface area contributed by atoms with E-state index < -0.39 is 9.84 Å². The van der Waals surface area contributed by atoms with Crippen LogP contribution in [0, 0.1) is 0 Å². The van der Waals surface area contributed by atoms with Crippen LogP contribution in [0.15, 0.2) is 48.7 Å². The maximum atomic E-state index is 12.2. The Hall–Kier alpha value is -2.41. The Bertz CT molecular complexity index is 792. The summed E-state index contributed by atoms with van der Waals surface area (Å²) < 4.78 is 29.5. The summed E-state index contributed by atoms with van der Waals surface area (Å²) in [7, 11) is -3.20. The highest BCUT2D eigenvalue weighted by atomic mass is 32.2. The second-order valence-electron chi connectivity index (χ2n) is 5.48. The summed E-state index contributed by atoms with van der Waals surface area (Å²) in [6.45, 7) is 2.50. The predicted molar refractivity (Wildman–Crippen MR) is 96.3 cm³/mol. The van der Waals surface area contributed by atoms with Gasteiger partial charge in [0.25, 0.3) is 5.91 Å². The number of sulfone groups is 1. The van der Waals surface area contributed by atoms with Crippen molar-refractivity contribution in [1.29, 1.82) is 0 Å². The summed E-state index contributed by atoms with van der Waals surface area (Å²) in [6, 6.07) is 12.3. The van der Waals surface area contributed by atoms with Crippen LogP contribution >= 0.6 is 0 Å². The Morgan fingerprint density at radius 2 is 1.92 bits per heavy atom. The lowest BCUT2D eigenvalue weighted by molar-refractivity contribution is 0.0949. The first-order chi connectivity index (χ1) is 12.0. The summed E-state index contributed by atoms with van der Waals surface area (Å²) in [5.41, 5.74) is 1.11. The number of nitrogens with one attached hydrogen (secondary N) is 1. The zero-order valence-electron chi connectivity index (χ0n) is 14.1. The zero-order chi connectivity index (χ0) is 18.1. The topological polar surface area (TPSA) is 85.4 Å². The van der Waals surface area contributed by atoms with Crippen molar-refractivity contribution >= 4 is 15.7 Å². The van der Waals surface area contributed by atoms with Crippen molar-refractivity contribution in [3.63, 3.8) is 0 Å². The quantitative estimate of drug-likeness (QED) is 0.691. The van der Waals surface area contributed by atoms with Gasteiger partial charge in [0.1, 0.15) is 5.56 Å². The lowest BCUT2D eigenvalue weighted by Crippen LogP contribution is -2.27. The van der Waals surface area contributed by atoms with E-state index in [1.165, 1.54) is 0 Å². The molecule has 1 N–H and O–H groups in total. The molecular weight excluding hydrogens is 340 g/mol. The number of amides is 1. The summed E-state index contributed by atoms with van der Waals surface area (Å²) in [6.07, 6.45) is 1.91. The van der Waals surface area contributed by atoms with Gasteiger partial charge in [-0.3, -0.25) is 4.79 Å². The molecule has 0 bridgehead atoms. The van der Waals surface area contributed by atoms with Gasteiger partial charge in [-0.05, 0) is 31.0 Å². The van der Waals surface area contributed by atoms with E-state index in [4.69, 9.17) is 4.74 Å². The first-order valence-electron chi connectivity index (χ1n) is 8.12. The van der Waals surface area contributed by atoms with Crippen molar-refractivity contribution in [1.82, 2.24) is 10.3 Å². The average Bonchev–Trinajstić information content (AvgIpc) is 2.60. The van der Waals surface area contributed by atoms with E-state index in [0.29, 0.717) is 18.6 Å². The summed E-state index contributed by atoms with van der Waals surface area (Å²) in [5.74, 6) is -0.0110. The molecule has 6 nitrogen and oxygen atoms in total. The standard InChI is InChI=1S/C18H22N2O4S/c1-2-24-18-16(10-6-11-20-18)17(21)19-12-7-13-25(22,23)14-15-8-4-3-5-9-15/h3-6,8-11H,2,7,12-14H2,1H3,(H,19,21). The van der Waals surface area contributed by atoms with Crippen LogP contribution in [0.4, 0.5) is 0 Å². The van der Waals surface area contributed by atoms with Crippen LogP contribution in [0.1, 0.15) is 29.3 Å². The number of pyridine rings is 1. The monoisotopic (exact) mass is 362 g/mol. The van der Waals surface area contributed by atoms with E-state index in [0.717, 1.165) is 5.56 Å². The zero-order valence-corrected chi connectivity index (χ0v) is 15.0. The SMILES string of the molecule is CCOc1ncccc1C(=O)NCCCS(=O)(=O)Cc1ccccc1. The predicted octanol–water partition coefficient (Wildman–Crippen LogP) is 2.22. The highest BCUT2D eigenvalue weighted by Gasteiger charge is 2.14. The molecule has 0 fully saturated rings. The van der Waals surface area contributed by atoms with E-state index in [1.807, 2.05) is 25.1 Å². The molecule has 0 aliphatic carbocycles. The fourth-order valence-corrected chi connectivity index (χ4v) is 3.73. The smallest absolute Gasteiger partial charge is 0.256 e. The van der Waals surface area contributed by atoms with Gasteiger partial charge >= 0.3 is 0 Å². The molecule has 134 valence electrons. The third kappa shape index (κ3) is 6.19. The Labute approximate surface area is 148 Å². The molecule has 1 aromatic heterocycles. The third-order valence-corrected chi connectivity index (χ3v) is 5.13. The number of carbonyl (C=O) groups excluding carboxylic acids is 1. The Morgan fingerprint density at radius 3 is 2.64 bits per heavy atom. The van der Waals surface area contributed by atoms with Crippen molar-refractivity contribution in [3.8, 4) is 5.88 Å². The largest absolute Gasteiger partial charge is 0.477 e. The highest BCUT2D eigenvalue weighted by Crippen LogP contribution is 2.14. The summed E-state index contributed by atoms with van der Waals surface area (Å²) in [4.78, 5) is 16.2. The van der Waals surface area contributed by atoms with Crippen LogP contribution in [-0.4, -0.2) is 38.2 Å². The number of aromatic nitrogens is 1. The van der Waals surface area contributed by atoms with E-state index in [-0.39, 0.29) is 29.8 Å². The second-order valence-corrected chi connectivity index (χ2v) is 7.66. The average molecular weight is 362 g/mol. The minimum atomic E-state index is -3.20. The minimum Gasteiger partial charge on any atom is -0.477 e. The van der Waals surface area contributed by atoms with Crippen LogP contribution in [0.2, 0.25) is 0 Å². The van der Waals surface area contributed by atoms with Gasteiger partial charge in [0.15, 0.2) is 9.84 Å². The van der Waals surface area contributed by atoms with Gasteiger partial charge in [-0.25, -0.2) is 13.4 Å². The Balaban J connectivity index is 1.82. The molecule has 1 aromatic carbocycles. The molecule has 1 amide bonds. The number of ether oxygens (including phenoxy) is 1. The Kier molecular flexibility index (Phi) is 6.94. The lowest BCUT2D eigenvalue weighted by atomic mass is 10.2. The van der Waals surface area contributed by atoms with E-state index in [9.17, 15) is 13.2 Å². The molecule has 0 saturated carbocycles. The summed E-state index contributed by atoms with van der Waals surface area (Å²) >= 11 is 0. The van der Waals surface area contributed by atoms with Crippen LogP contribution in [0.5, 0.6) is 5.88 Å². The van der Waals surface area contributed by atoms with Crippen LogP contribution < -0.4 is 10.1 Å². The van der Waals surface area contributed by atoms with Crippen molar-refractivity contribution in [2.24, 2.45) is 0 Å². The van der Waals surface area contributed by atoms with Gasteiger partial charge in [0, 0.05) is 12.7 Å². The van der Waals surface area contributed by atoms with E-state index in [1.54, 1.807) is 30.5 Å². The molecule has 0 radical (unpaired) electrons. The van der Waals surface area contributed by atoms with Gasteiger partial charge in [-0.2, -0.15) is 0 Å². The molecule has 2 rings (SSSR count). The van der Waals surface area contributed by atoms with Gasteiger partial charge < -0.3 is 10.1 Å². The van der Waals surface area contributed by atoms with Crippen LogP contribution in [-0.2, 0) is 15.6 Å². The van der Waals surface area contributed by atoms with Crippen LogP contribution in [0.25, 0.3) is 0 Å². The molecule has 0 aliphatic heterocycles. The second kappa shape index (κ2) is 9.17. The molecule has 0 spiro atoms. The van der Waals surface area contributed by atoms with Crippen molar-refractivity contribution in [3.05, 3.63) is 59.8 Å². The molecule has 0 unspecified atom stereocenters. The molecule has 7 heteroatoms. The van der Waals surface area contributed by atoms with Gasteiger partial charge in [-0.1, -0.05) is 30.3 Å². The number of hydrogen-bond acceptors (Lipinski definition) is 5. The number of nitrogens with zero attached hydrogens (tertiary/aromatic N) is 1.